The van der Waals surface area contributed by atoms with E-state index in [9.17, 15) is 0 Å². The Hall–Kier alpha value is -1.43. The summed E-state index contributed by atoms with van der Waals surface area (Å²) in [7, 11) is -1.20. The normalized spacial score (nSPS) is 11.1. The highest BCUT2D eigenvalue weighted by Gasteiger charge is 2.37. The summed E-state index contributed by atoms with van der Waals surface area (Å²) >= 11 is 0. The summed E-state index contributed by atoms with van der Waals surface area (Å²) in [5.74, 6) is 0. The first kappa shape index (κ1) is 23.8. The topological polar surface area (TPSA) is 0 Å². The van der Waals surface area contributed by atoms with E-state index in [0.29, 0.717) is 0 Å². The van der Waals surface area contributed by atoms with E-state index in [1.165, 1.54) is 67.0 Å². The average Bonchev–Trinajstić information content (AvgIpc) is 2.73. The van der Waals surface area contributed by atoms with Crippen molar-refractivity contribution in [1.82, 2.24) is 0 Å². The van der Waals surface area contributed by atoms with E-state index in [0.717, 1.165) is 0 Å². The molecule has 0 unspecified atom stereocenters. The first-order valence-electron chi connectivity index (χ1n) is 10.8. The smallest absolute Gasteiger partial charge is 0.0849 e. The Balaban J connectivity index is 0.00000300. The van der Waals surface area contributed by atoms with E-state index in [2.05, 4.69) is 97.9 Å². The molecule has 0 nitrogen and oxygen atoms in total. The minimum atomic E-state index is -1.20. The quantitative estimate of drug-likeness (QED) is 0.268. The molecule has 0 aliphatic rings. The van der Waals surface area contributed by atoms with Crippen LogP contribution in [0.3, 0.4) is 0 Å². The van der Waals surface area contributed by atoms with Crippen molar-refractivity contribution in [3.8, 4) is 0 Å². The number of benzene rings is 3. The van der Waals surface area contributed by atoms with Gasteiger partial charge in [0.15, 0.2) is 0 Å². The lowest BCUT2D eigenvalue weighted by Gasteiger charge is -2.29. The fourth-order valence-electron chi connectivity index (χ4n) is 4.19. The highest BCUT2D eigenvalue weighted by atomic mass is 79.9. The molecule has 154 valence electrons. The lowest BCUT2D eigenvalue weighted by molar-refractivity contribution is -0.00000596. The molecule has 0 saturated heterocycles. The van der Waals surface area contributed by atoms with E-state index in [1.807, 2.05) is 0 Å². The molecule has 0 saturated carbocycles. The second-order valence-electron chi connectivity index (χ2n) is 8.06. The largest absolute Gasteiger partial charge is 1.00 e. The first-order chi connectivity index (χ1) is 13.8. The molecule has 0 bridgehead atoms. The Bertz CT molecular complexity index is 685. The monoisotopic (exact) mass is 468 g/mol. The molecule has 2 heteroatoms. The fourth-order valence-corrected chi connectivity index (χ4v) is 8.85. The maximum absolute atomic E-state index is 2.33. The van der Waals surface area contributed by atoms with Crippen molar-refractivity contribution in [1.29, 1.82) is 0 Å². The van der Waals surface area contributed by atoms with Gasteiger partial charge in [-0.25, -0.2) is 0 Å². The van der Waals surface area contributed by atoms with E-state index < -0.39 is 7.26 Å². The minimum Gasteiger partial charge on any atom is -1.00 e. The zero-order chi connectivity index (χ0) is 19.5. The minimum absolute atomic E-state index is 0. The van der Waals surface area contributed by atoms with Crippen molar-refractivity contribution in [2.75, 3.05) is 6.16 Å². The van der Waals surface area contributed by atoms with Gasteiger partial charge in [0.25, 0.3) is 0 Å². The van der Waals surface area contributed by atoms with Crippen LogP contribution in [0.1, 0.15) is 49.3 Å². The molecule has 0 atom stereocenters. The number of halogens is 1. The van der Waals surface area contributed by atoms with Crippen molar-refractivity contribution in [3.05, 3.63) is 108 Å². The van der Waals surface area contributed by atoms with Crippen LogP contribution in [0.2, 0.25) is 0 Å². The summed E-state index contributed by atoms with van der Waals surface area (Å²) in [6.07, 6.45) is 10.6. The highest BCUT2D eigenvalue weighted by molar-refractivity contribution is 7.73. The molecule has 0 spiro atoms. The van der Waals surface area contributed by atoms with Gasteiger partial charge < -0.3 is 17.0 Å². The van der Waals surface area contributed by atoms with Crippen molar-refractivity contribution in [3.63, 3.8) is 0 Å². The Labute approximate surface area is 188 Å². The Morgan fingerprint density at radius 2 is 0.897 bits per heavy atom. The number of unbranched alkanes of at least 4 members (excludes halogenated alkanes) is 3. The maximum Gasteiger partial charge on any atom is 0.0849 e. The number of rotatable bonds is 11. The van der Waals surface area contributed by atoms with Gasteiger partial charge in [0, 0.05) is 7.26 Å². The molecular formula is C27H34BrP. The van der Waals surface area contributed by atoms with Gasteiger partial charge in [-0.05, 0) is 29.5 Å². The second kappa shape index (κ2) is 13.0. The van der Waals surface area contributed by atoms with Crippen LogP contribution in [0.5, 0.6) is 0 Å². The zero-order valence-corrected chi connectivity index (χ0v) is 20.1. The molecule has 3 aromatic carbocycles. The molecule has 29 heavy (non-hydrogen) atoms. The molecule has 3 aromatic rings. The molecular weight excluding hydrogens is 435 g/mol. The molecule has 0 amide bonds. The Morgan fingerprint density at radius 3 is 1.24 bits per heavy atom. The summed E-state index contributed by atoms with van der Waals surface area (Å²) < 4.78 is 0. The van der Waals surface area contributed by atoms with Gasteiger partial charge in [-0.15, -0.1) is 0 Å². The second-order valence-corrected chi connectivity index (χ2v) is 12.1. The van der Waals surface area contributed by atoms with E-state index >= 15 is 0 Å². The lowest BCUT2D eigenvalue weighted by Crippen LogP contribution is -3.00. The predicted molar refractivity (Wildman–Crippen MR) is 126 cm³/mol. The van der Waals surface area contributed by atoms with Crippen molar-refractivity contribution in [2.45, 2.75) is 51.1 Å². The van der Waals surface area contributed by atoms with Crippen LogP contribution < -0.4 is 17.0 Å². The zero-order valence-electron chi connectivity index (χ0n) is 17.6. The molecule has 0 aromatic heterocycles. The third-order valence-electron chi connectivity index (χ3n) is 5.57. The third kappa shape index (κ3) is 8.07. The van der Waals surface area contributed by atoms with Crippen LogP contribution in [0.25, 0.3) is 0 Å². The Kier molecular flexibility index (Phi) is 10.7. The number of hydrogen-bond acceptors (Lipinski definition) is 0. The van der Waals surface area contributed by atoms with Gasteiger partial charge in [-0.3, -0.25) is 0 Å². The van der Waals surface area contributed by atoms with Crippen molar-refractivity contribution in [2.24, 2.45) is 0 Å². The summed E-state index contributed by atoms with van der Waals surface area (Å²) in [6.45, 7) is 2.31. The van der Waals surface area contributed by atoms with Crippen molar-refractivity contribution >= 4 is 7.26 Å². The SMILES string of the molecule is CCCCCC[P+](Cc1ccccc1)(Cc1ccccc1)Cc1ccccc1.[Br-]. The van der Waals surface area contributed by atoms with Crippen LogP contribution in [0.4, 0.5) is 0 Å². The molecule has 0 aliphatic carbocycles. The lowest BCUT2D eigenvalue weighted by atomic mass is 10.2. The average molecular weight is 469 g/mol. The summed E-state index contributed by atoms with van der Waals surface area (Å²) in [5.41, 5.74) is 4.54. The van der Waals surface area contributed by atoms with Gasteiger partial charge in [0.1, 0.15) is 0 Å². The first-order valence-corrected chi connectivity index (χ1v) is 13.3. The van der Waals surface area contributed by atoms with Crippen LogP contribution in [0, 0.1) is 0 Å². The highest BCUT2D eigenvalue weighted by Crippen LogP contribution is 2.67. The summed E-state index contributed by atoms with van der Waals surface area (Å²) in [6, 6.07) is 33.6. The van der Waals surface area contributed by atoms with Crippen LogP contribution >= 0.6 is 7.26 Å². The van der Waals surface area contributed by atoms with Crippen LogP contribution in [-0.2, 0) is 18.5 Å². The van der Waals surface area contributed by atoms with Crippen LogP contribution in [0.15, 0.2) is 91.0 Å². The number of hydrogen-bond donors (Lipinski definition) is 0. The van der Waals surface area contributed by atoms with E-state index in [4.69, 9.17) is 0 Å². The molecule has 0 N–H and O–H groups in total. The third-order valence-corrected chi connectivity index (χ3v) is 9.94. The Morgan fingerprint density at radius 1 is 0.517 bits per heavy atom. The molecule has 0 aliphatic heterocycles. The fraction of sp³-hybridized carbons (Fsp3) is 0.333. The summed E-state index contributed by atoms with van der Waals surface area (Å²) in [5, 5.41) is 0. The van der Waals surface area contributed by atoms with Gasteiger partial charge in [-0.1, -0.05) is 111 Å². The molecule has 3 rings (SSSR count). The van der Waals surface area contributed by atoms with Gasteiger partial charge in [0.05, 0.1) is 24.6 Å². The molecule has 0 fully saturated rings. The van der Waals surface area contributed by atoms with E-state index in [-0.39, 0.29) is 17.0 Å². The van der Waals surface area contributed by atoms with Gasteiger partial charge in [0.2, 0.25) is 0 Å². The maximum atomic E-state index is 2.33. The predicted octanol–water partition coefficient (Wildman–Crippen LogP) is 5.19. The van der Waals surface area contributed by atoms with E-state index in [1.54, 1.807) is 0 Å². The standard InChI is InChI=1S/C27H34P.BrH/c1-2-3-4-14-21-28(22-25-15-8-5-9-16-25,23-26-17-10-6-11-18-26)24-27-19-12-7-13-20-27;/h5-13,15-20H,2-4,14,21-24H2,1H3;1H/q+1;/p-1. The van der Waals surface area contributed by atoms with Gasteiger partial charge >= 0.3 is 0 Å². The summed E-state index contributed by atoms with van der Waals surface area (Å²) in [4.78, 5) is 0. The van der Waals surface area contributed by atoms with Crippen molar-refractivity contribution < 1.29 is 17.0 Å². The molecule has 0 heterocycles. The van der Waals surface area contributed by atoms with Crippen LogP contribution in [-0.4, -0.2) is 6.16 Å². The molecule has 0 radical (unpaired) electrons. The van der Waals surface area contributed by atoms with Gasteiger partial charge in [-0.2, -0.15) is 0 Å².